The van der Waals surface area contributed by atoms with Crippen molar-refractivity contribution < 1.29 is 28.7 Å². The number of benzene rings is 1. The summed E-state index contributed by atoms with van der Waals surface area (Å²) in [7, 11) is 2.44. The first-order valence-electron chi connectivity index (χ1n) is 9.06. The van der Waals surface area contributed by atoms with E-state index in [9.17, 15) is 19.2 Å². The van der Waals surface area contributed by atoms with Gasteiger partial charge in [0.25, 0.3) is 0 Å². The van der Waals surface area contributed by atoms with Crippen molar-refractivity contribution in [1.82, 2.24) is 4.57 Å². The maximum atomic E-state index is 12.5. The van der Waals surface area contributed by atoms with Gasteiger partial charge in [-0.1, -0.05) is 18.2 Å². The minimum atomic E-state index is -0.677. The largest absolute Gasteiger partial charge is 0.465 e. The molecular formula is C21H20N2O6S. The molecule has 2 heterocycles. The fourth-order valence-electron chi connectivity index (χ4n) is 3.07. The number of thiophene rings is 1. The van der Waals surface area contributed by atoms with Crippen LogP contribution in [0.3, 0.4) is 0 Å². The third kappa shape index (κ3) is 4.11. The molecule has 9 heteroatoms. The van der Waals surface area contributed by atoms with E-state index >= 15 is 0 Å². The summed E-state index contributed by atoms with van der Waals surface area (Å²) >= 11 is 0.927. The molecule has 0 atom stereocenters. The lowest BCUT2D eigenvalue weighted by Gasteiger charge is -2.07. The van der Waals surface area contributed by atoms with Gasteiger partial charge in [-0.15, -0.1) is 11.3 Å². The molecule has 1 aromatic carbocycles. The molecule has 0 saturated heterocycles. The Morgan fingerprint density at radius 1 is 1.00 bits per heavy atom. The molecule has 0 aliphatic carbocycles. The highest BCUT2D eigenvalue weighted by Gasteiger charge is 2.26. The van der Waals surface area contributed by atoms with Gasteiger partial charge >= 0.3 is 11.9 Å². The van der Waals surface area contributed by atoms with Crippen molar-refractivity contribution in [2.75, 3.05) is 19.5 Å². The number of anilines is 1. The van der Waals surface area contributed by atoms with E-state index in [2.05, 4.69) is 5.32 Å². The number of nitrogens with one attached hydrogen (secondary N) is 1. The van der Waals surface area contributed by atoms with Crippen molar-refractivity contribution in [3.8, 4) is 0 Å². The molecule has 3 rings (SSSR count). The van der Waals surface area contributed by atoms with E-state index in [1.165, 1.54) is 18.8 Å². The molecular weight excluding hydrogens is 408 g/mol. The second-order valence-corrected chi connectivity index (χ2v) is 7.45. The Labute approximate surface area is 176 Å². The summed E-state index contributed by atoms with van der Waals surface area (Å²) < 4.78 is 11.0. The van der Waals surface area contributed by atoms with Crippen LogP contribution in [-0.4, -0.2) is 42.5 Å². The van der Waals surface area contributed by atoms with Crippen LogP contribution in [0.2, 0.25) is 0 Å². The lowest BCUT2D eigenvalue weighted by molar-refractivity contribution is -0.116. The molecule has 1 amide bonds. The van der Waals surface area contributed by atoms with Crippen LogP contribution in [0, 0.1) is 6.92 Å². The zero-order valence-corrected chi connectivity index (χ0v) is 17.5. The lowest BCUT2D eigenvalue weighted by atomic mass is 10.1. The van der Waals surface area contributed by atoms with Crippen molar-refractivity contribution in [2.24, 2.45) is 0 Å². The van der Waals surface area contributed by atoms with E-state index in [0.717, 1.165) is 22.2 Å². The van der Waals surface area contributed by atoms with Crippen LogP contribution in [-0.2, 0) is 14.3 Å². The maximum Gasteiger partial charge on any atom is 0.348 e. The number of hydrogen-bond acceptors (Lipinski definition) is 7. The number of fused-ring (bicyclic) bond motifs is 1. The number of nitrogens with zero attached hydrogens (tertiary/aromatic N) is 1. The van der Waals surface area contributed by atoms with Crippen LogP contribution >= 0.6 is 11.3 Å². The molecule has 0 saturated carbocycles. The highest BCUT2D eigenvalue weighted by atomic mass is 32.1. The van der Waals surface area contributed by atoms with Crippen molar-refractivity contribution >= 4 is 51.0 Å². The standard InChI is InChI=1S/C21H20N2O6S/c1-12-17(20(26)28-2)19(30-18(12)21(27)29-3)22-15(24)8-9-16(25)23-11-10-13-6-4-5-7-14(13)23/h4-7,10-11H,8-9H2,1-3H3,(H,22,24). The number of aromatic nitrogens is 1. The number of carbonyl (C=O) groups is 4. The van der Waals surface area contributed by atoms with Gasteiger partial charge < -0.3 is 14.8 Å². The van der Waals surface area contributed by atoms with Gasteiger partial charge in [-0.25, -0.2) is 9.59 Å². The van der Waals surface area contributed by atoms with E-state index in [0.29, 0.717) is 5.56 Å². The Morgan fingerprint density at radius 2 is 1.70 bits per heavy atom. The molecule has 2 aromatic heterocycles. The Morgan fingerprint density at radius 3 is 2.40 bits per heavy atom. The lowest BCUT2D eigenvalue weighted by Crippen LogP contribution is -2.17. The van der Waals surface area contributed by atoms with Gasteiger partial charge in [-0.3, -0.25) is 14.2 Å². The number of rotatable bonds is 6. The van der Waals surface area contributed by atoms with E-state index in [-0.39, 0.29) is 34.2 Å². The number of carbonyl (C=O) groups excluding carboxylic acids is 4. The summed E-state index contributed by atoms with van der Waals surface area (Å²) in [5, 5.41) is 3.73. The number of hydrogen-bond donors (Lipinski definition) is 1. The first-order valence-corrected chi connectivity index (χ1v) is 9.88. The summed E-state index contributed by atoms with van der Waals surface area (Å²) in [5.41, 5.74) is 1.23. The normalized spacial score (nSPS) is 10.6. The fourth-order valence-corrected chi connectivity index (χ4v) is 4.20. The third-order valence-corrected chi connectivity index (χ3v) is 5.78. The second kappa shape index (κ2) is 8.91. The molecule has 156 valence electrons. The number of esters is 2. The molecule has 1 N–H and O–H groups in total. The monoisotopic (exact) mass is 428 g/mol. The molecule has 0 radical (unpaired) electrons. The van der Waals surface area contributed by atoms with Gasteiger partial charge in [-0.2, -0.15) is 0 Å². The van der Waals surface area contributed by atoms with Gasteiger partial charge in [0.1, 0.15) is 9.88 Å². The molecule has 0 fully saturated rings. The molecule has 30 heavy (non-hydrogen) atoms. The molecule has 0 aliphatic heterocycles. The molecule has 3 aromatic rings. The molecule has 0 spiro atoms. The number of amides is 1. The number of para-hydroxylation sites is 1. The minimum absolute atomic E-state index is 0.0215. The van der Waals surface area contributed by atoms with Gasteiger partial charge in [0.05, 0.1) is 25.3 Å². The zero-order valence-electron chi connectivity index (χ0n) is 16.7. The highest BCUT2D eigenvalue weighted by Crippen LogP contribution is 2.34. The topological polar surface area (TPSA) is 104 Å². The number of methoxy groups -OCH3 is 2. The fraction of sp³-hybridized carbons (Fsp3) is 0.238. The van der Waals surface area contributed by atoms with Crippen LogP contribution in [0.1, 0.15) is 43.2 Å². The molecule has 0 bridgehead atoms. The average molecular weight is 428 g/mol. The van der Waals surface area contributed by atoms with Crippen LogP contribution in [0.15, 0.2) is 36.5 Å². The summed E-state index contributed by atoms with van der Waals surface area (Å²) in [6.07, 6.45) is 1.56. The Hall–Kier alpha value is -3.46. The van der Waals surface area contributed by atoms with Gasteiger partial charge in [0, 0.05) is 24.4 Å². The summed E-state index contributed by atoms with van der Waals surface area (Å²) in [4.78, 5) is 49.2. The average Bonchev–Trinajstić information content (AvgIpc) is 3.32. The van der Waals surface area contributed by atoms with Gasteiger partial charge in [-0.05, 0) is 24.6 Å². The third-order valence-electron chi connectivity index (χ3n) is 4.59. The van der Waals surface area contributed by atoms with Crippen LogP contribution < -0.4 is 5.32 Å². The highest BCUT2D eigenvalue weighted by molar-refractivity contribution is 7.18. The van der Waals surface area contributed by atoms with E-state index in [1.807, 2.05) is 30.3 Å². The first-order chi connectivity index (χ1) is 14.4. The predicted molar refractivity (Wildman–Crippen MR) is 112 cm³/mol. The van der Waals surface area contributed by atoms with Crippen molar-refractivity contribution in [2.45, 2.75) is 19.8 Å². The quantitative estimate of drug-likeness (QED) is 0.601. The Balaban J connectivity index is 1.73. The maximum absolute atomic E-state index is 12.5. The van der Waals surface area contributed by atoms with E-state index < -0.39 is 17.8 Å². The van der Waals surface area contributed by atoms with E-state index in [1.54, 1.807) is 13.1 Å². The number of ether oxygens (including phenoxy) is 2. The Bertz CT molecular complexity index is 1140. The summed E-state index contributed by atoms with van der Waals surface area (Å²) in [5.74, 6) is -1.97. The van der Waals surface area contributed by atoms with Crippen LogP contribution in [0.4, 0.5) is 5.00 Å². The van der Waals surface area contributed by atoms with Crippen LogP contribution in [0.25, 0.3) is 10.9 Å². The summed E-state index contributed by atoms with van der Waals surface area (Å²) in [6, 6.07) is 9.29. The van der Waals surface area contributed by atoms with Gasteiger partial charge in [0.15, 0.2) is 0 Å². The second-order valence-electron chi connectivity index (χ2n) is 6.43. The zero-order chi connectivity index (χ0) is 21.8. The molecule has 0 unspecified atom stereocenters. The smallest absolute Gasteiger partial charge is 0.348 e. The SMILES string of the molecule is COC(=O)c1sc(NC(=O)CCC(=O)n2ccc3ccccc32)c(C(=O)OC)c1C. The Kier molecular flexibility index (Phi) is 6.31. The van der Waals surface area contributed by atoms with Crippen molar-refractivity contribution in [1.29, 1.82) is 0 Å². The molecule has 8 nitrogen and oxygen atoms in total. The van der Waals surface area contributed by atoms with Crippen molar-refractivity contribution in [3.05, 3.63) is 52.5 Å². The van der Waals surface area contributed by atoms with Crippen LogP contribution in [0.5, 0.6) is 0 Å². The predicted octanol–water partition coefficient (Wildman–Crippen LogP) is 3.64. The minimum Gasteiger partial charge on any atom is -0.465 e. The summed E-state index contributed by atoms with van der Waals surface area (Å²) in [6.45, 7) is 1.57. The molecule has 0 aliphatic rings. The first kappa shape index (κ1) is 21.3. The van der Waals surface area contributed by atoms with Crippen molar-refractivity contribution in [3.63, 3.8) is 0 Å². The van der Waals surface area contributed by atoms with Gasteiger partial charge in [0.2, 0.25) is 11.8 Å². The van der Waals surface area contributed by atoms with E-state index in [4.69, 9.17) is 9.47 Å².